The first kappa shape index (κ1) is 18.6. The zero-order valence-electron chi connectivity index (χ0n) is 16.2. The molecule has 1 N–H and O–H groups in total. The van der Waals surface area contributed by atoms with Gasteiger partial charge in [-0.05, 0) is 49.6 Å². The molecule has 5 rings (SSSR count). The molecule has 0 saturated carbocycles. The van der Waals surface area contributed by atoms with E-state index in [0.717, 1.165) is 26.8 Å². The quantitative estimate of drug-likeness (QED) is 0.439. The Morgan fingerprint density at radius 3 is 2.73 bits per heavy atom. The molecule has 0 spiro atoms. The fraction of sp³-hybridized carbons (Fsp3) is 0.0952. The fourth-order valence-electron chi connectivity index (χ4n) is 3.19. The number of nitrogens with one attached hydrogen (secondary N) is 1. The van der Waals surface area contributed by atoms with E-state index in [1.807, 2.05) is 67.8 Å². The average Bonchev–Trinajstić information content (AvgIpc) is 3.47. The summed E-state index contributed by atoms with van der Waals surface area (Å²) in [6.45, 7) is 3.74. The van der Waals surface area contributed by atoms with E-state index in [-0.39, 0.29) is 5.91 Å². The maximum absolute atomic E-state index is 12.6. The number of rotatable bonds is 4. The number of amides is 1. The molecule has 4 heterocycles. The van der Waals surface area contributed by atoms with E-state index in [4.69, 9.17) is 5.10 Å². The van der Waals surface area contributed by atoms with Gasteiger partial charge in [-0.25, -0.2) is 4.98 Å². The first-order chi connectivity index (χ1) is 14.6. The van der Waals surface area contributed by atoms with Gasteiger partial charge in [0.1, 0.15) is 4.88 Å². The summed E-state index contributed by atoms with van der Waals surface area (Å²) in [5.74, 6) is 0.555. The highest BCUT2D eigenvalue weighted by atomic mass is 32.1. The third kappa shape index (κ3) is 3.38. The summed E-state index contributed by atoms with van der Waals surface area (Å²) in [5, 5.41) is 19.0. The Balaban J connectivity index is 1.48. The van der Waals surface area contributed by atoms with Gasteiger partial charge in [0, 0.05) is 11.3 Å². The predicted molar refractivity (Wildman–Crippen MR) is 119 cm³/mol. The van der Waals surface area contributed by atoms with E-state index in [9.17, 15) is 4.79 Å². The summed E-state index contributed by atoms with van der Waals surface area (Å²) in [7, 11) is 0. The van der Waals surface area contributed by atoms with Crippen molar-refractivity contribution in [3.8, 4) is 22.0 Å². The van der Waals surface area contributed by atoms with Crippen LogP contribution >= 0.6 is 22.7 Å². The second-order valence-electron chi connectivity index (χ2n) is 6.67. The van der Waals surface area contributed by atoms with Crippen molar-refractivity contribution in [1.82, 2.24) is 24.8 Å². The largest absolute Gasteiger partial charge is 0.321 e. The van der Waals surface area contributed by atoms with Gasteiger partial charge in [-0.2, -0.15) is 9.61 Å². The Bertz CT molecular complexity index is 1370. The van der Waals surface area contributed by atoms with Gasteiger partial charge in [0.05, 0.1) is 21.3 Å². The minimum absolute atomic E-state index is 0.155. The van der Waals surface area contributed by atoms with E-state index < -0.39 is 0 Å². The van der Waals surface area contributed by atoms with Crippen molar-refractivity contribution in [3.05, 3.63) is 69.5 Å². The van der Waals surface area contributed by atoms with Crippen molar-refractivity contribution in [3.63, 3.8) is 0 Å². The first-order valence-corrected chi connectivity index (χ1v) is 10.9. The van der Waals surface area contributed by atoms with Crippen molar-refractivity contribution < 1.29 is 4.79 Å². The van der Waals surface area contributed by atoms with Crippen LogP contribution in [0, 0.1) is 13.8 Å². The van der Waals surface area contributed by atoms with Gasteiger partial charge in [-0.3, -0.25) is 4.79 Å². The SMILES string of the molecule is Cc1nc(C)c(C(=O)Nc2cccc(-c3ccc4nnc(-c5cccs5)n4n3)c2)s1. The third-order valence-electron chi connectivity index (χ3n) is 4.53. The van der Waals surface area contributed by atoms with Crippen LogP contribution in [0.1, 0.15) is 20.4 Å². The van der Waals surface area contributed by atoms with E-state index in [1.54, 1.807) is 15.9 Å². The van der Waals surface area contributed by atoms with Gasteiger partial charge in [0.2, 0.25) is 0 Å². The molecule has 0 radical (unpaired) electrons. The highest BCUT2D eigenvalue weighted by Gasteiger charge is 2.15. The number of fused-ring (bicyclic) bond motifs is 1. The van der Waals surface area contributed by atoms with Gasteiger partial charge in [0.15, 0.2) is 11.5 Å². The molecule has 0 unspecified atom stereocenters. The number of hydrogen-bond donors (Lipinski definition) is 1. The molecule has 0 saturated heterocycles. The number of benzene rings is 1. The van der Waals surface area contributed by atoms with Gasteiger partial charge >= 0.3 is 0 Å². The Labute approximate surface area is 180 Å². The van der Waals surface area contributed by atoms with Crippen LogP contribution in [0.5, 0.6) is 0 Å². The van der Waals surface area contributed by atoms with E-state index in [0.29, 0.717) is 22.0 Å². The number of hydrogen-bond acceptors (Lipinski definition) is 7. The predicted octanol–water partition coefficient (Wildman–Crippen LogP) is 4.85. The molecule has 0 bridgehead atoms. The summed E-state index contributed by atoms with van der Waals surface area (Å²) in [5.41, 5.74) is 3.78. The molecule has 9 heteroatoms. The number of nitrogens with zero attached hydrogens (tertiary/aromatic N) is 5. The Morgan fingerprint density at radius 2 is 1.97 bits per heavy atom. The normalized spacial score (nSPS) is 11.1. The van der Waals surface area contributed by atoms with Crippen LogP contribution in [0.4, 0.5) is 5.69 Å². The number of thiophene rings is 1. The number of anilines is 1. The second kappa shape index (κ2) is 7.43. The van der Waals surface area contributed by atoms with Crippen molar-refractivity contribution in [2.24, 2.45) is 0 Å². The maximum atomic E-state index is 12.6. The van der Waals surface area contributed by atoms with Crippen molar-refractivity contribution in [1.29, 1.82) is 0 Å². The molecular formula is C21H16N6OS2. The number of carbonyl (C=O) groups is 1. The van der Waals surface area contributed by atoms with Crippen LogP contribution in [0.2, 0.25) is 0 Å². The number of aromatic nitrogens is 5. The van der Waals surface area contributed by atoms with Crippen LogP contribution < -0.4 is 5.32 Å². The standard InChI is InChI=1S/C21H16N6OS2/c1-12-19(30-13(2)22-12)21(28)23-15-6-3-5-14(11-15)16-8-9-18-24-25-20(27(18)26-16)17-7-4-10-29-17/h3-11H,1-2H3,(H,23,28). The molecule has 0 aliphatic carbocycles. The lowest BCUT2D eigenvalue weighted by atomic mass is 10.1. The van der Waals surface area contributed by atoms with Crippen LogP contribution in [0.15, 0.2) is 53.9 Å². The van der Waals surface area contributed by atoms with E-state index in [1.165, 1.54) is 11.3 Å². The first-order valence-electron chi connectivity index (χ1n) is 9.20. The lowest BCUT2D eigenvalue weighted by Gasteiger charge is -2.07. The molecule has 0 aliphatic heterocycles. The van der Waals surface area contributed by atoms with Crippen LogP contribution in [-0.2, 0) is 0 Å². The maximum Gasteiger partial charge on any atom is 0.267 e. The molecule has 0 fully saturated rings. The zero-order valence-corrected chi connectivity index (χ0v) is 17.8. The number of carbonyl (C=O) groups excluding carboxylic acids is 1. The highest BCUT2D eigenvalue weighted by Crippen LogP contribution is 2.26. The van der Waals surface area contributed by atoms with E-state index >= 15 is 0 Å². The van der Waals surface area contributed by atoms with Gasteiger partial charge in [0.25, 0.3) is 5.91 Å². The second-order valence-corrected chi connectivity index (χ2v) is 8.82. The summed E-state index contributed by atoms with van der Waals surface area (Å²) in [6, 6.07) is 15.4. The number of thiazole rings is 1. The van der Waals surface area contributed by atoms with Gasteiger partial charge < -0.3 is 5.32 Å². The smallest absolute Gasteiger partial charge is 0.267 e. The minimum Gasteiger partial charge on any atom is -0.321 e. The van der Waals surface area contributed by atoms with Crippen LogP contribution in [0.3, 0.4) is 0 Å². The Hall–Kier alpha value is -3.43. The lowest BCUT2D eigenvalue weighted by Crippen LogP contribution is -2.11. The molecule has 7 nitrogen and oxygen atoms in total. The molecule has 1 aromatic carbocycles. The highest BCUT2D eigenvalue weighted by molar-refractivity contribution is 7.14. The van der Waals surface area contributed by atoms with Gasteiger partial charge in [-0.15, -0.1) is 32.9 Å². The lowest BCUT2D eigenvalue weighted by molar-refractivity contribution is 0.103. The van der Waals surface area contributed by atoms with Crippen molar-refractivity contribution in [2.75, 3.05) is 5.32 Å². The molecule has 30 heavy (non-hydrogen) atoms. The summed E-state index contributed by atoms with van der Waals surface area (Å²) in [6.07, 6.45) is 0. The molecule has 0 atom stereocenters. The molecule has 1 amide bonds. The minimum atomic E-state index is -0.155. The Morgan fingerprint density at radius 1 is 1.07 bits per heavy atom. The molecule has 5 aromatic rings. The zero-order chi connectivity index (χ0) is 20.7. The van der Waals surface area contributed by atoms with E-state index in [2.05, 4.69) is 20.5 Å². The third-order valence-corrected chi connectivity index (χ3v) is 6.47. The monoisotopic (exact) mass is 432 g/mol. The van der Waals surface area contributed by atoms with Crippen LogP contribution in [-0.4, -0.2) is 30.7 Å². The fourth-order valence-corrected chi connectivity index (χ4v) is 4.70. The molecule has 4 aromatic heterocycles. The topological polar surface area (TPSA) is 85.1 Å². The van der Waals surface area contributed by atoms with Crippen LogP contribution in [0.25, 0.3) is 27.6 Å². The Kier molecular flexibility index (Phi) is 4.61. The molecular weight excluding hydrogens is 416 g/mol. The van der Waals surface area contributed by atoms with Crippen molar-refractivity contribution in [2.45, 2.75) is 13.8 Å². The van der Waals surface area contributed by atoms with Crippen molar-refractivity contribution >= 4 is 39.9 Å². The van der Waals surface area contributed by atoms with Gasteiger partial charge in [-0.1, -0.05) is 18.2 Å². The average molecular weight is 433 g/mol. The molecule has 0 aliphatic rings. The summed E-state index contributed by atoms with van der Waals surface area (Å²) >= 11 is 2.99. The molecule has 148 valence electrons. The number of aryl methyl sites for hydroxylation is 2. The summed E-state index contributed by atoms with van der Waals surface area (Å²) in [4.78, 5) is 18.6. The summed E-state index contributed by atoms with van der Waals surface area (Å²) < 4.78 is 1.75.